The average molecular weight is 188 g/mol. The van der Waals surface area contributed by atoms with Crippen molar-refractivity contribution < 1.29 is 0 Å². The molecule has 0 amide bonds. The van der Waals surface area contributed by atoms with Crippen LogP contribution in [-0.2, 0) is 5.54 Å². The van der Waals surface area contributed by atoms with E-state index < -0.39 is 0 Å². The van der Waals surface area contributed by atoms with Crippen LogP contribution in [0.4, 0.5) is 0 Å². The van der Waals surface area contributed by atoms with Gasteiger partial charge in [-0.25, -0.2) is 9.97 Å². The number of hydrogen-bond acceptors (Lipinski definition) is 3. The van der Waals surface area contributed by atoms with E-state index in [1.165, 1.54) is 6.42 Å². The summed E-state index contributed by atoms with van der Waals surface area (Å²) in [7, 11) is 0. The number of hydrogen-bond donors (Lipinski definition) is 2. The average Bonchev–Trinajstić information content (AvgIpc) is 2.57. The Labute approximate surface area is 81.6 Å². The molecule has 2 heterocycles. The summed E-state index contributed by atoms with van der Waals surface area (Å²) in [5.74, 6) is 0.887. The summed E-state index contributed by atoms with van der Waals surface area (Å²) in [4.78, 5) is 11.8. The molecule has 1 saturated carbocycles. The lowest BCUT2D eigenvalue weighted by Crippen LogP contribution is -2.44. The van der Waals surface area contributed by atoms with Crippen molar-refractivity contribution in [1.29, 1.82) is 0 Å². The van der Waals surface area contributed by atoms with E-state index in [2.05, 4.69) is 15.0 Å². The Bertz CT molecular complexity index is 437. The third-order valence-electron chi connectivity index (χ3n) is 2.97. The molecule has 4 nitrogen and oxygen atoms in total. The second-order valence-electron chi connectivity index (χ2n) is 3.97. The predicted octanol–water partition coefficient (Wildman–Crippen LogP) is 1.30. The van der Waals surface area contributed by atoms with E-state index in [0.717, 1.165) is 29.8 Å². The van der Waals surface area contributed by atoms with E-state index in [1.54, 1.807) is 6.20 Å². The van der Waals surface area contributed by atoms with Crippen molar-refractivity contribution in [2.75, 3.05) is 0 Å². The normalized spacial score (nSPS) is 19.5. The summed E-state index contributed by atoms with van der Waals surface area (Å²) >= 11 is 0. The van der Waals surface area contributed by atoms with E-state index >= 15 is 0 Å². The number of fused-ring (bicyclic) bond motifs is 1. The number of H-pyrrole nitrogens is 1. The standard InChI is InChI=1S/C10H12N4/c11-10(4-2-5-10)9-13-7-3-1-6-12-8(7)14-9/h1,3,6H,2,4-5,11H2,(H,12,13,14). The highest BCUT2D eigenvalue weighted by atomic mass is 15.0. The highest BCUT2D eigenvalue weighted by molar-refractivity contribution is 5.70. The first-order chi connectivity index (χ1) is 6.78. The van der Waals surface area contributed by atoms with Gasteiger partial charge in [-0.3, -0.25) is 0 Å². The molecule has 72 valence electrons. The lowest BCUT2D eigenvalue weighted by atomic mass is 9.77. The van der Waals surface area contributed by atoms with Crippen LogP contribution in [0.3, 0.4) is 0 Å². The summed E-state index contributed by atoms with van der Waals surface area (Å²) in [5, 5.41) is 0. The number of nitrogens with one attached hydrogen (secondary N) is 1. The van der Waals surface area contributed by atoms with Gasteiger partial charge in [-0.2, -0.15) is 0 Å². The van der Waals surface area contributed by atoms with Crippen LogP contribution >= 0.6 is 0 Å². The molecule has 4 heteroatoms. The molecular weight excluding hydrogens is 176 g/mol. The van der Waals surface area contributed by atoms with Gasteiger partial charge in [0.1, 0.15) is 5.82 Å². The van der Waals surface area contributed by atoms with Crippen LogP contribution < -0.4 is 5.73 Å². The van der Waals surface area contributed by atoms with Gasteiger partial charge in [0.2, 0.25) is 0 Å². The van der Waals surface area contributed by atoms with E-state index in [0.29, 0.717) is 0 Å². The number of rotatable bonds is 1. The second kappa shape index (κ2) is 2.54. The molecule has 0 saturated heterocycles. The molecule has 1 aliphatic carbocycles. The fraction of sp³-hybridized carbons (Fsp3) is 0.400. The van der Waals surface area contributed by atoms with Gasteiger partial charge in [0, 0.05) is 6.20 Å². The Morgan fingerprint density at radius 1 is 1.43 bits per heavy atom. The minimum Gasteiger partial charge on any atom is -0.339 e. The topological polar surface area (TPSA) is 67.6 Å². The zero-order chi connectivity index (χ0) is 9.60. The quantitative estimate of drug-likeness (QED) is 0.708. The Kier molecular flexibility index (Phi) is 1.44. The fourth-order valence-corrected chi connectivity index (χ4v) is 1.88. The van der Waals surface area contributed by atoms with Gasteiger partial charge in [-0.1, -0.05) is 0 Å². The molecule has 0 atom stereocenters. The van der Waals surface area contributed by atoms with Crippen molar-refractivity contribution in [2.24, 2.45) is 5.73 Å². The largest absolute Gasteiger partial charge is 0.339 e. The minimum atomic E-state index is -0.222. The van der Waals surface area contributed by atoms with Crippen LogP contribution in [-0.4, -0.2) is 15.0 Å². The molecule has 0 aliphatic heterocycles. The monoisotopic (exact) mass is 188 g/mol. The first kappa shape index (κ1) is 7.94. The molecule has 0 bridgehead atoms. The maximum Gasteiger partial charge on any atom is 0.177 e. The Hall–Kier alpha value is -1.42. The van der Waals surface area contributed by atoms with Crippen molar-refractivity contribution in [3.05, 3.63) is 24.2 Å². The van der Waals surface area contributed by atoms with Crippen molar-refractivity contribution in [1.82, 2.24) is 15.0 Å². The van der Waals surface area contributed by atoms with E-state index in [9.17, 15) is 0 Å². The van der Waals surface area contributed by atoms with Crippen LogP contribution in [0.2, 0.25) is 0 Å². The predicted molar refractivity (Wildman–Crippen MR) is 53.6 cm³/mol. The van der Waals surface area contributed by atoms with Gasteiger partial charge in [0.25, 0.3) is 0 Å². The first-order valence-corrected chi connectivity index (χ1v) is 4.88. The summed E-state index contributed by atoms with van der Waals surface area (Å²) in [6.45, 7) is 0. The SMILES string of the molecule is NC1(c2nc3ncccc3[nH]2)CCC1. The molecule has 0 aromatic carbocycles. The molecule has 2 aromatic rings. The lowest BCUT2D eigenvalue weighted by molar-refractivity contribution is 0.240. The summed E-state index contributed by atoms with van der Waals surface area (Å²) in [5.41, 5.74) is 7.68. The van der Waals surface area contributed by atoms with Gasteiger partial charge in [0.15, 0.2) is 5.65 Å². The molecule has 1 fully saturated rings. The van der Waals surface area contributed by atoms with Crippen molar-refractivity contribution >= 4 is 11.2 Å². The van der Waals surface area contributed by atoms with Gasteiger partial charge >= 0.3 is 0 Å². The van der Waals surface area contributed by atoms with Crippen LogP contribution in [0.1, 0.15) is 25.1 Å². The summed E-state index contributed by atoms with van der Waals surface area (Å²) in [6, 6.07) is 3.87. The van der Waals surface area contributed by atoms with Gasteiger partial charge in [0.05, 0.1) is 11.1 Å². The molecule has 0 spiro atoms. The maximum absolute atomic E-state index is 6.17. The van der Waals surface area contributed by atoms with E-state index in [1.807, 2.05) is 12.1 Å². The summed E-state index contributed by atoms with van der Waals surface area (Å²) < 4.78 is 0. The van der Waals surface area contributed by atoms with Gasteiger partial charge in [-0.05, 0) is 31.4 Å². The smallest absolute Gasteiger partial charge is 0.177 e. The van der Waals surface area contributed by atoms with Crippen molar-refractivity contribution in [2.45, 2.75) is 24.8 Å². The third-order valence-corrected chi connectivity index (χ3v) is 2.97. The van der Waals surface area contributed by atoms with E-state index in [4.69, 9.17) is 5.73 Å². The lowest BCUT2D eigenvalue weighted by Gasteiger charge is -2.35. The highest BCUT2D eigenvalue weighted by Gasteiger charge is 2.37. The zero-order valence-electron chi connectivity index (χ0n) is 7.83. The number of pyridine rings is 1. The molecule has 14 heavy (non-hydrogen) atoms. The van der Waals surface area contributed by atoms with Gasteiger partial charge < -0.3 is 10.7 Å². The minimum absolute atomic E-state index is 0.222. The van der Waals surface area contributed by atoms with Crippen LogP contribution in [0.5, 0.6) is 0 Å². The first-order valence-electron chi connectivity index (χ1n) is 4.88. The molecule has 0 radical (unpaired) electrons. The van der Waals surface area contributed by atoms with Gasteiger partial charge in [-0.15, -0.1) is 0 Å². The molecule has 0 unspecified atom stereocenters. The van der Waals surface area contributed by atoms with Crippen LogP contribution in [0.25, 0.3) is 11.2 Å². The Morgan fingerprint density at radius 2 is 2.29 bits per heavy atom. The second-order valence-corrected chi connectivity index (χ2v) is 3.97. The van der Waals surface area contributed by atoms with Crippen molar-refractivity contribution in [3.8, 4) is 0 Å². The number of aromatic amines is 1. The third kappa shape index (κ3) is 0.974. The highest BCUT2D eigenvalue weighted by Crippen LogP contribution is 2.37. The zero-order valence-corrected chi connectivity index (χ0v) is 7.83. The molecule has 2 aromatic heterocycles. The molecule has 1 aliphatic rings. The van der Waals surface area contributed by atoms with E-state index in [-0.39, 0.29) is 5.54 Å². The summed E-state index contributed by atoms with van der Waals surface area (Å²) in [6.07, 6.45) is 4.98. The number of nitrogens with zero attached hydrogens (tertiary/aromatic N) is 2. The number of nitrogens with two attached hydrogens (primary N) is 1. The number of aromatic nitrogens is 3. The maximum atomic E-state index is 6.17. The molecule has 3 N–H and O–H groups in total. The van der Waals surface area contributed by atoms with Crippen LogP contribution in [0.15, 0.2) is 18.3 Å². The Morgan fingerprint density at radius 3 is 2.93 bits per heavy atom. The van der Waals surface area contributed by atoms with Crippen molar-refractivity contribution in [3.63, 3.8) is 0 Å². The fourth-order valence-electron chi connectivity index (χ4n) is 1.88. The van der Waals surface area contributed by atoms with Crippen LogP contribution in [0, 0.1) is 0 Å². The number of imidazole rings is 1. The molecule has 3 rings (SSSR count). The molecular formula is C10H12N4. The Balaban J connectivity index is 2.14.